The second-order valence-electron chi connectivity index (χ2n) is 6.14. The monoisotopic (exact) mass is 361 g/mol. The summed E-state index contributed by atoms with van der Waals surface area (Å²) in [5, 5.41) is 18.4. The lowest BCUT2D eigenvalue weighted by Crippen LogP contribution is -2.20. The fourth-order valence-corrected chi connectivity index (χ4v) is 3.16. The molecule has 8 heteroatoms. The van der Waals surface area contributed by atoms with Crippen LogP contribution in [0, 0.1) is 10.1 Å². The van der Waals surface area contributed by atoms with Gasteiger partial charge in [-0.05, 0) is 37.1 Å². The maximum atomic E-state index is 11.6. The number of nitrogens with one attached hydrogen (secondary N) is 2. The van der Waals surface area contributed by atoms with E-state index in [2.05, 4.69) is 20.6 Å². The molecule has 0 atom stereocenters. The maximum absolute atomic E-state index is 11.6. The summed E-state index contributed by atoms with van der Waals surface area (Å²) in [5.41, 5.74) is 0.535. The van der Waals surface area contributed by atoms with Crippen molar-refractivity contribution in [1.29, 1.82) is 0 Å². The lowest BCUT2D eigenvalue weighted by atomic mass is 10.1. The summed E-state index contributed by atoms with van der Waals surface area (Å²) in [4.78, 5) is 19.3. The standard InChI is InChI=1S/C17H20ClN5O2/c18-12-7-9-14(10-8-12)22-17-15(23(24)25)16(19-11-20-17)21-13-5-3-1-2-4-6-13/h7-11,13H,1-6H2,(H2,19,20,21,22). The molecule has 1 aromatic carbocycles. The van der Waals surface area contributed by atoms with E-state index >= 15 is 0 Å². The summed E-state index contributed by atoms with van der Waals surface area (Å²) in [6.45, 7) is 0. The van der Waals surface area contributed by atoms with Gasteiger partial charge >= 0.3 is 5.69 Å². The maximum Gasteiger partial charge on any atom is 0.353 e. The second-order valence-corrected chi connectivity index (χ2v) is 6.58. The van der Waals surface area contributed by atoms with Crippen molar-refractivity contribution < 1.29 is 4.92 Å². The Balaban J connectivity index is 1.85. The molecule has 1 aliphatic rings. The van der Waals surface area contributed by atoms with Crippen LogP contribution in [-0.4, -0.2) is 20.9 Å². The Kier molecular flexibility index (Phi) is 5.65. The van der Waals surface area contributed by atoms with Gasteiger partial charge in [-0.25, -0.2) is 9.97 Å². The minimum absolute atomic E-state index is 0.137. The highest BCUT2D eigenvalue weighted by atomic mass is 35.5. The number of anilines is 3. The van der Waals surface area contributed by atoms with Crippen molar-refractivity contribution in [1.82, 2.24) is 9.97 Å². The Morgan fingerprint density at radius 2 is 1.68 bits per heavy atom. The molecule has 1 fully saturated rings. The fourth-order valence-electron chi connectivity index (χ4n) is 3.04. The molecule has 0 unspecified atom stereocenters. The predicted octanol–water partition coefficient (Wildman–Crippen LogP) is 4.92. The number of nitrogens with zero attached hydrogens (tertiary/aromatic N) is 3. The van der Waals surface area contributed by atoms with E-state index in [1.165, 1.54) is 19.2 Å². The Bertz CT molecular complexity index is 730. The van der Waals surface area contributed by atoms with Crippen molar-refractivity contribution in [2.24, 2.45) is 0 Å². The van der Waals surface area contributed by atoms with Gasteiger partial charge in [-0.2, -0.15) is 0 Å². The first-order valence-electron chi connectivity index (χ1n) is 8.42. The minimum atomic E-state index is -0.447. The van der Waals surface area contributed by atoms with E-state index in [0.29, 0.717) is 10.7 Å². The summed E-state index contributed by atoms with van der Waals surface area (Å²) >= 11 is 5.87. The molecule has 3 rings (SSSR count). The van der Waals surface area contributed by atoms with E-state index in [9.17, 15) is 10.1 Å². The van der Waals surface area contributed by atoms with Gasteiger partial charge in [0, 0.05) is 16.8 Å². The molecule has 1 aliphatic carbocycles. The zero-order valence-corrected chi connectivity index (χ0v) is 14.5. The molecule has 0 radical (unpaired) electrons. The van der Waals surface area contributed by atoms with E-state index in [1.807, 2.05) is 0 Å². The van der Waals surface area contributed by atoms with E-state index in [4.69, 9.17) is 11.6 Å². The van der Waals surface area contributed by atoms with Crippen LogP contribution in [0.5, 0.6) is 0 Å². The third-order valence-electron chi connectivity index (χ3n) is 4.31. The van der Waals surface area contributed by atoms with Gasteiger partial charge < -0.3 is 10.6 Å². The lowest BCUT2D eigenvalue weighted by molar-refractivity contribution is -0.383. The smallest absolute Gasteiger partial charge is 0.353 e. The van der Waals surface area contributed by atoms with Crippen molar-refractivity contribution in [2.75, 3.05) is 10.6 Å². The van der Waals surface area contributed by atoms with Crippen molar-refractivity contribution in [3.63, 3.8) is 0 Å². The molecule has 132 valence electrons. The van der Waals surface area contributed by atoms with Gasteiger partial charge in [0.25, 0.3) is 0 Å². The summed E-state index contributed by atoms with van der Waals surface area (Å²) < 4.78 is 0. The molecule has 7 nitrogen and oxygen atoms in total. The van der Waals surface area contributed by atoms with Crippen LogP contribution < -0.4 is 10.6 Å². The average Bonchev–Trinajstić information content (AvgIpc) is 2.85. The van der Waals surface area contributed by atoms with Crippen LogP contribution in [0.1, 0.15) is 38.5 Å². The summed E-state index contributed by atoms with van der Waals surface area (Å²) in [6, 6.07) is 7.11. The van der Waals surface area contributed by atoms with Crippen molar-refractivity contribution >= 4 is 34.6 Å². The van der Waals surface area contributed by atoms with Crippen LogP contribution in [0.15, 0.2) is 30.6 Å². The minimum Gasteiger partial charge on any atom is -0.361 e. The van der Waals surface area contributed by atoms with Crippen LogP contribution in [0.4, 0.5) is 23.0 Å². The first-order valence-corrected chi connectivity index (χ1v) is 8.80. The van der Waals surface area contributed by atoms with Crippen LogP contribution in [-0.2, 0) is 0 Å². The lowest BCUT2D eigenvalue weighted by Gasteiger charge is -2.17. The number of hydrogen-bond acceptors (Lipinski definition) is 6. The van der Waals surface area contributed by atoms with Gasteiger partial charge in [-0.3, -0.25) is 10.1 Å². The molecule has 25 heavy (non-hydrogen) atoms. The Labute approximate surface area is 151 Å². The molecular weight excluding hydrogens is 342 g/mol. The average molecular weight is 362 g/mol. The number of rotatable bonds is 5. The van der Waals surface area contributed by atoms with Crippen molar-refractivity contribution in [3.05, 3.63) is 45.7 Å². The van der Waals surface area contributed by atoms with E-state index in [0.717, 1.165) is 25.7 Å². The van der Waals surface area contributed by atoms with Gasteiger partial charge in [0.05, 0.1) is 4.92 Å². The molecule has 1 heterocycles. The van der Waals surface area contributed by atoms with E-state index in [1.54, 1.807) is 24.3 Å². The molecule has 0 saturated heterocycles. The largest absolute Gasteiger partial charge is 0.361 e. The first-order chi connectivity index (χ1) is 12.1. The zero-order chi connectivity index (χ0) is 17.6. The van der Waals surface area contributed by atoms with Crippen LogP contribution in [0.3, 0.4) is 0 Å². The summed E-state index contributed by atoms with van der Waals surface area (Å²) in [6.07, 6.45) is 8.03. The first kappa shape index (κ1) is 17.4. The van der Waals surface area contributed by atoms with Crippen LogP contribution in [0.25, 0.3) is 0 Å². The van der Waals surface area contributed by atoms with Gasteiger partial charge in [0.2, 0.25) is 11.6 Å². The number of halogens is 1. The third-order valence-corrected chi connectivity index (χ3v) is 4.56. The quantitative estimate of drug-likeness (QED) is 0.446. The van der Waals surface area contributed by atoms with E-state index < -0.39 is 4.92 Å². The number of benzene rings is 1. The Morgan fingerprint density at radius 3 is 2.32 bits per heavy atom. The van der Waals surface area contributed by atoms with Crippen LogP contribution >= 0.6 is 11.6 Å². The van der Waals surface area contributed by atoms with Gasteiger partial charge in [0.15, 0.2) is 0 Å². The van der Waals surface area contributed by atoms with Gasteiger partial charge in [0.1, 0.15) is 6.33 Å². The molecule has 0 spiro atoms. The SMILES string of the molecule is O=[N+]([O-])c1c(Nc2ccc(Cl)cc2)ncnc1NC1CCCCCC1. The summed E-state index contributed by atoms with van der Waals surface area (Å²) in [5.74, 6) is 0.432. The molecule has 0 bridgehead atoms. The Hall–Kier alpha value is -2.41. The van der Waals surface area contributed by atoms with Gasteiger partial charge in [-0.15, -0.1) is 0 Å². The number of hydrogen-bond donors (Lipinski definition) is 2. The number of aromatic nitrogens is 2. The fraction of sp³-hybridized carbons (Fsp3) is 0.412. The molecule has 2 aromatic rings. The highest BCUT2D eigenvalue weighted by molar-refractivity contribution is 6.30. The van der Waals surface area contributed by atoms with E-state index in [-0.39, 0.29) is 23.4 Å². The summed E-state index contributed by atoms with van der Waals surface area (Å²) in [7, 11) is 0. The highest BCUT2D eigenvalue weighted by Gasteiger charge is 2.25. The molecule has 1 aromatic heterocycles. The van der Waals surface area contributed by atoms with Crippen molar-refractivity contribution in [2.45, 2.75) is 44.6 Å². The normalized spacial score (nSPS) is 15.4. The van der Waals surface area contributed by atoms with Crippen LogP contribution in [0.2, 0.25) is 5.02 Å². The van der Waals surface area contributed by atoms with Crippen molar-refractivity contribution in [3.8, 4) is 0 Å². The second kappa shape index (κ2) is 8.11. The highest BCUT2D eigenvalue weighted by Crippen LogP contribution is 2.33. The topological polar surface area (TPSA) is 93.0 Å². The molecule has 0 amide bonds. The molecular formula is C17H20ClN5O2. The molecule has 0 aliphatic heterocycles. The third kappa shape index (κ3) is 4.57. The zero-order valence-electron chi connectivity index (χ0n) is 13.7. The predicted molar refractivity (Wildman–Crippen MR) is 98.5 cm³/mol. The Morgan fingerprint density at radius 1 is 1.04 bits per heavy atom. The molecule has 1 saturated carbocycles. The molecule has 2 N–H and O–H groups in total. The number of nitro groups is 1. The van der Waals surface area contributed by atoms with Gasteiger partial charge in [-0.1, -0.05) is 37.3 Å².